The monoisotopic (exact) mass is 372 g/mol. The van der Waals surface area contributed by atoms with Crippen molar-refractivity contribution in [2.75, 3.05) is 20.8 Å². The highest BCUT2D eigenvalue weighted by atomic mass is 16.5. The van der Waals surface area contributed by atoms with Gasteiger partial charge in [-0.15, -0.1) is 0 Å². The van der Waals surface area contributed by atoms with Crippen LogP contribution in [0.1, 0.15) is 62.5 Å². The van der Waals surface area contributed by atoms with Crippen LogP contribution in [0.15, 0.2) is 18.2 Å². The lowest BCUT2D eigenvalue weighted by Gasteiger charge is -2.51. The first-order valence-electron chi connectivity index (χ1n) is 10.8. The van der Waals surface area contributed by atoms with Crippen LogP contribution < -0.4 is 15.8 Å². The van der Waals surface area contributed by atoms with Crippen LogP contribution in [0.2, 0.25) is 0 Å². The zero-order valence-electron chi connectivity index (χ0n) is 17.2. The fraction of sp³-hybridized carbons (Fsp3) is 0.739. The predicted molar refractivity (Wildman–Crippen MR) is 109 cm³/mol. The van der Waals surface area contributed by atoms with Gasteiger partial charge >= 0.3 is 0 Å². The minimum Gasteiger partial charge on any atom is -0.497 e. The van der Waals surface area contributed by atoms with E-state index >= 15 is 0 Å². The molecular formula is C23H36N2O2. The van der Waals surface area contributed by atoms with Crippen molar-refractivity contribution in [1.82, 2.24) is 5.32 Å². The fourth-order valence-corrected chi connectivity index (χ4v) is 6.60. The number of ether oxygens (including phenoxy) is 2. The number of hydrogen-bond acceptors (Lipinski definition) is 4. The van der Waals surface area contributed by atoms with Crippen LogP contribution in [-0.2, 0) is 11.2 Å². The van der Waals surface area contributed by atoms with Gasteiger partial charge in [-0.25, -0.2) is 0 Å². The highest BCUT2D eigenvalue weighted by Gasteiger charge is 2.54. The summed E-state index contributed by atoms with van der Waals surface area (Å²) in [5, 5.41) is 3.82. The van der Waals surface area contributed by atoms with Gasteiger partial charge in [-0.1, -0.05) is 13.0 Å². The smallest absolute Gasteiger partial charge is 0.119 e. The molecule has 0 radical (unpaired) electrons. The molecule has 4 heteroatoms. The maximum Gasteiger partial charge on any atom is 0.119 e. The van der Waals surface area contributed by atoms with E-state index in [2.05, 4.69) is 30.4 Å². The standard InChI is InChI=1S/C23H36N2O2/c1-23-12-10-18-17-7-5-16(26-2)14-15(17)4-6-19(18)20(23)8-9-21(23)25-22(27-3)11-13-24/h5,7,14,18-22,25H,4,6,8-13,24H2,1-3H3/t18-,19-,20+,21?,22?,23+/m1/s1. The van der Waals surface area contributed by atoms with E-state index in [4.69, 9.17) is 15.2 Å². The zero-order chi connectivity index (χ0) is 19.0. The third-order valence-corrected chi connectivity index (χ3v) is 8.03. The van der Waals surface area contributed by atoms with Crippen molar-refractivity contribution in [3.63, 3.8) is 0 Å². The Labute approximate surface area is 164 Å². The van der Waals surface area contributed by atoms with Gasteiger partial charge in [0.1, 0.15) is 12.0 Å². The minimum absolute atomic E-state index is 0.0906. The van der Waals surface area contributed by atoms with E-state index in [1.54, 1.807) is 19.8 Å². The van der Waals surface area contributed by atoms with E-state index in [9.17, 15) is 0 Å². The highest BCUT2D eigenvalue weighted by molar-refractivity contribution is 5.40. The molecule has 0 heterocycles. The summed E-state index contributed by atoms with van der Waals surface area (Å²) in [7, 11) is 3.56. The van der Waals surface area contributed by atoms with E-state index in [1.165, 1.54) is 44.1 Å². The van der Waals surface area contributed by atoms with Crippen LogP contribution in [0.25, 0.3) is 0 Å². The SMILES string of the molecule is COc1ccc2c(c1)CC[C@@H]1[C@@H]2CC[C@]2(C)C(NC(CCN)OC)CC[C@@H]12. The first-order valence-corrected chi connectivity index (χ1v) is 10.8. The van der Waals surface area contributed by atoms with Gasteiger partial charge in [-0.05, 0) is 97.9 Å². The molecule has 0 spiro atoms. The van der Waals surface area contributed by atoms with Crippen molar-refractivity contribution in [3.8, 4) is 5.75 Å². The molecule has 0 amide bonds. The Kier molecular flexibility index (Phi) is 5.50. The number of hydrogen-bond donors (Lipinski definition) is 2. The van der Waals surface area contributed by atoms with Crippen LogP contribution in [-0.4, -0.2) is 33.0 Å². The van der Waals surface area contributed by atoms with Gasteiger partial charge in [0.2, 0.25) is 0 Å². The molecule has 4 rings (SSSR count). The Morgan fingerprint density at radius 2 is 2.07 bits per heavy atom. The van der Waals surface area contributed by atoms with E-state index in [0.717, 1.165) is 29.9 Å². The first kappa shape index (κ1) is 19.2. The highest BCUT2D eigenvalue weighted by Crippen LogP contribution is 2.61. The van der Waals surface area contributed by atoms with Crippen molar-refractivity contribution >= 4 is 0 Å². The summed E-state index contributed by atoms with van der Waals surface area (Å²) in [5.41, 5.74) is 9.28. The fourth-order valence-electron chi connectivity index (χ4n) is 6.60. The number of nitrogens with two attached hydrogens (primary N) is 1. The van der Waals surface area contributed by atoms with E-state index in [0.29, 0.717) is 18.0 Å². The molecule has 27 heavy (non-hydrogen) atoms. The van der Waals surface area contributed by atoms with Crippen LogP contribution in [0.3, 0.4) is 0 Å². The van der Waals surface area contributed by atoms with Gasteiger partial charge in [-0.2, -0.15) is 0 Å². The normalized spacial score (nSPS) is 35.9. The van der Waals surface area contributed by atoms with Crippen molar-refractivity contribution in [1.29, 1.82) is 0 Å². The van der Waals surface area contributed by atoms with E-state index in [1.807, 2.05) is 0 Å². The number of methoxy groups -OCH3 is 2. The number of rotatable bonds is 6. The summed E-state index contributed by atoms with van der Waals surface area (Å²) in [4.78, 5) is 0. The molecule has 6 atom stereocenters. The average Bonchev–Trinajstić information content (AvgIpc) is 3.03. The maximum absolute atomic E-state index is 5.77. The van der Waals surface area contributed by atoms with Crippen LogP contribution in [0.4, 0.5) is 0 Å². The molecule has 150 valence electrons. The van der Waals surface area contributed by atoms with Crippen molar-refractivity contribution in [2.24, 2.45) is 23.0 Å². The first-order chi connectivity index (χ1) is 13.1. The van der Waals surface area contributed by atoms with Gasteiger partial charge in [0.25, 0.3) is 0 Å². The summed E-state index contributed by atoms with van der Waals surface area (Å²) in [5.74, 6) is 3.38. The Morgan fingerprint density at radius 1 is 1.22 bits per heavy atom. The second-order valence-electron chi connectivity index (χ2n) is 9.12. The van der Waals surface area contributed by atoms with Gasteiger partial charge < -0.3 is 15.2 Å². The lowest BCUT2D eigenvalue weighted by atomic mass is 9.55. The van der Waals surface area contributed by atoms with Gasteiger partial charge in [0.15, 0.2) is 0 Å². The molecule has 0 saturated heterocycles. The molecule has 1 aromatic rings. The van der Waals surface area contributed by atoms with Gasteiger partial charge in [-0.3, -0.25) is 5.32 Å². The minimum atomic E-state index is 0.0906. The van der Waals surface area contributed by atoms with Crippen molar-refractivity contribution < 1.29 is 9.47 Å². The number of fused-ring (bicyclic) bond motifs is 5. The molecule has 4 nitrogen and oxygen atoms in total. The van der Waals surface area contributed by atoms with E-state index in [-0.39, 0.29) is 6.23 Å². The molecule has 2 fully saturated rings. The third kappa shape index (κ3) is 3.30. The lowest BCUT2D eigenvalue weighted by Crippen LogP contribution is -2.51. The molecule has 3 aliphatic carbocycles. The quantitative estimate of drug-likeness (QED) is 0.745. The summed E-state index contributed by atoms with van der Waals surface area (Å²) < 4.78 is 11.1. The van der Waals surface area contributed by atoms with Crippen molar-refractivity contribution in [2.45, 2.75) is 70.1 Å². The zero-order valence-corrected chi connectivity index (χ0v) is 17.2. The summed E-state index contributed by atoms with van der Waals surface area (Å²) >= 11 is 0. The Balaban J connectivity index is 1.53. The molecule has 3 N–H and O–H groups in total. The third-order valence-electron chi connectivity index (χ3n) is 8.03. The molecule has 0 bridgehead atoms. The largest absolute Gasteiger partial charge is 0.497 e. The molecule has 0 aromatic heterocycles. The molecule has 3 aliphatic rings. The summed E-state index contributed by atoms with van der Waals surface area (Å²) in [6, 6.07) is 7.33. The van der Waals surface area contributed by atoms with Gasteiger partial charge in [0, 0.05) is 13.2 Å². The molecular weight excluding hydrogens is 336 g/mol. The predicted octanol–water partition coefficient (Wildman–Crippen LogP) is 3.83. The molecule has 2 saturated carbocycles. The van der Waals surface area contributed by atoms with Crippen LogP contribution >= 0.6 is 0 Å². The molecule has 1 aromatic carbocycles. The van der Waals surface area contributed by atoms with Crippen LogP contribution in [0, 0.1) is 17.3 Å². The number of nitrogens with one attached hydrogen (secondary N) is 1. The summed E-state index contributed by atoms with van der Waals surface area (Å²) in [6.07, 6.45) is 8.73. The van der Waals surface area contributed by atoms with E-state index < -0.39 is 0 Å². The number of aryl methyl sites for hydroxylation is 1. The summed E-state index contributed by atoms with van der Waals surface area (Å²) in [6.45, 7) is 3.21. The second-order valence-corrected chi connectivity index (χ2v) is 9.12. The maximum atomic E-state index is 5.77. The average molecular weight is 373 g/mol. The Bertz CT molecular complexity index is 664. The van der Waals surface area contributed by atoms with Crippen LogP contribution in [0.5, 0.6) is 5.75 Å². The Morgan fingerprint density at radius 3 is 2.81 bits per heavy atom. The molecule has 2 unspecified atom stereocenters. The lowest BCUT2D eigenvalue weighted by molar-refractivity contribution is 0.00389. The van der Waals surface area contributed by atoms with Gasteiger partial charge in [0.05, 0.1) is 7.11 Å². The topological polar surface area (TPSA) is 56.5 Å². The second kappa shape index (κ2) is 7.73. The van der Waals surface area contributed by atoms with Crippen molar-refractivity contribution in [3.05, 3.63) is 29.3 Å². The Hall–Kier alpha value is -1.10. The number of benzene rings is 1. The molecule has 0 aliphatic heterocycles.